The summed E-state index contributed by atoms with van der Waals surface area (Å²) < 4.78 is 27.1. The molecule has 0 amide bonds. The number of nitrogens with zero attached hydrogens (tertiary/aromatic N) is 3. The first-order valence-electron chi connectivity index (χ1n) is 3.98. The molecule has 1 aromatic carbocycles. The number of hydrogen-bond acceptors (Lipinski definition) is 2. The molecular formula is C9H7F2N3. The van der Waals surface area contributed by atoms with Crippen LogP contribution in [0.1, 0.15) is 0 Å². The van der Waals surface area contributed by atoms with Crippen molar-refractivity contribution >= 4 is 0 Å². The Hall–Kier alpha value is -1.78. The van der Waals surface area contributed by atoms with E-state index in [1.165, 1.54) is 16.8 Å². The fourth-order valence-electron chi connectivity index (χ4n) is 1.18. The molecule has 0 aliphatic heterocycles. The van der Waals surface area contributed by atoms with E-state index in [0.717, 1.165) is 6.07 Å². The maximum absolute atomic E-state index is 12.8. The summed E-state index contributed by atoms with van der Waals surface area (Å²) in [4.78, 5) is 0. The van der Waals surface area contributed by atoms with Crippen LogP contribution < -0.4 is 0 Å². The summed E-state index contributed by atoms with van der Waals surface area (Å²) in [7, 11) is 1.69. The third-order valence-electron chi connectivity index (χ3n) is 1.76. The summed E-state index contributed by atoms with van der Waals surface area (Å²) in [5.41, 5.74) is 0.835. The lowest BCUT2D eigenvalue weighted by molar-refractivity contribution is 0.584. The molecule has 0 N–H and O–H groups in total. The molecule has 1 heterocycles. The van der Waals surface area contributed by atoms with E-state index in [1.54, 1.807) is 13.2 Å². The third kappa shape index (κ3) is 1.61. The quantitative estimate of drug-likeness (QED) is 0.694. The minimum Gasteiger partial charge on any atom is -0.255 e. The van der Waals surface area contributed by atoms with Crippen molar-refractivity contribution in [3.05, 3.63) is 36.0 Å². The Balaban J connectivity index is 2.51. The number of aromatic nitrogens is 3. The van der Waals surface area contributed by atoms with Crippen molar-refractivity contribution in [3.63, 3.8) is 0 Å². The smallest absolute Gasteiger partial charge is 0.126 e. The number of hydrogen-bond donors (Lipinski definition) is 0. The highest BCUT2D eigenvalue weighted by Gasteiger charge is 2.05. The average molecular weight is 195 g/mol. The zero-order valence-corrected chi connectivity index (χ0v) is 7.41. The first-order valence-corrected chi connectivity index (χ1v) is 3.98. The molecule has 0 saturated carbocycles. The molecule has 0 atom stereocenters. The van der Waals surface area contributed by atoms with Gasteiger partial charge in [0.15, 0.2) is 0 Å². The van der Waals surface area contributed by atoms with Crippen molar-refractivity contribution in [2.24, 2.45) is 7.05 Å². The second-order valence-corrected chi connectivity index (χ2v) is 2.94. The van der Waals surface area contributed by atoms with Crippen molar-refractivity contribution < 1.29 is 8.78 Å². The largest absolute Gasteiger partial charge is 0.255 e. The van der Waals surface area contributed by atoms with Gasteiger partial charge in [0.25, 0.3) is 0 Å². The Kier molecular flexibility index (Phi) is 1.99. The van der Waals surface area contributed by atoms with Gasteiger partial charge in [0.2, 0.25) is 0 Å². The lowest BCUT2D eigenvalue weighted by atomic mass is 10.1. The summed E-state index contributed by atoms with van der Waals surface area (Å²) in [6, 6.07) is 3.25. The Morgan fingerprint density at radius 3 is 2.29 bits per heavy atom. The molecule has 0 bridgehead atoms. The van der Waals surface area contributed by atoms with Gasteiger partial charge in [-0.1, -0.05) is 5.21 Å². The molecule has 3 nitrogen and oxygen atoms in total. The molecule has 2 rings (SSSR count). The van der Waals surface area contributed by atoms with Crippen LogP contribution in [0.5, 0.6) is 0 Å². The first-order chi connectivity index (χ1) is 6.65. The van der Waals surface area contributed by atoms with E-state index in [1.807, 2.05) is 0 Å². The lowest BCUT2D eigenvalue weighted by Gasteiger charge is -1.96. The highest BCUT2D eigenvalue weighted by molar-refractivity contribution is 5.57. The summed E-state index contributed by atoms with van der Waals surface area (Å²) in [5, 5.41) is 7.42. The highest BCUT2D eigenvalue weighted by atomic mass is 19.1. The predicted molar refractivity (Wildman–Crippen MR) is 46.4 cm³/mol. The average Bonchev–Trinajstić information content (AvgIpc) is 2.50. The molecular weight excluding hydrogens is 188 g/mol. The van der Waals surface area contributed by atoms with Crippen molar-refractivity contribution in [3.8, 4) is 11.3 Å². The van der Waals surface area contributed by atoms with E-state index < -0.39 is 11.6 Å². The second kappa shape index (κ2) is 3.17. The molecule has 0 aliphatic carbocycles. The fourth-order valence-corrected chi connectivity index (χ4v) is 1.18. The van der Waals surface area contributed by atoms with Crippen molar-refractivity contribution in [2.45, 2.75) is 0 Å². The van der Waals surface area contributed by atoms with Gasteiger partial charge in [-0.05, 0) is 12.1 Å². The fraction of sp³-hybridized carbons (Fsp3) is 0.111. The van der Waals surface area contributed by atoms with Crippen LogP contribution in [0.2, 0.25) is 0 Å². The Labute approximate surface area is 79.0 Å². The maximum Gasteiger partial charge on any atom is 0.126 e. The molecule has 1 aromatic heterocycles. The third-order valence-corrected chi connectivity index (χ3v) is 1.76. The molecule has 72 valence electrons. The van der Waals surface area contributed by atoms with Crippen LogP contribution in [-0.4, -0.2) is 15.0 Å². The van der Waals surface area contributed by atoms with E-state index >= 15 is 0 Å². The Morgan fingerprint density at radius 1 is 1.14 bits per heavy atom. The van der Waals surface area contributed by atoms with Gasteiger partial charge in [0.1, 0.15) is 17.3 Å². The Bertz CT molecular complexity index is 445. The molecule has 14 heavy (non-hydrogen) atoms. The van der Waals surface area contributed by atoms with E-state index in [4.69, 9.17) is 0 Å². The maximum atomic E-state index is 12.8. The standard InChI is InChI=1S/C9H7F2N3/c1-14-5-9(12-13-14)6-2-7(10)4-8(11)3-6/h2-5H,1H3. The molecule has 0 fully saturated rings. The summed E-state index contributed by atoms with van der Waals surface area (Å²) in [6.45, 7) is 0. The van der Waals surface area contributed by atoms with Crippen LogP contribution in [0.15, 0.2) is 24.4 Å². The number of benzene rings is 1. The molecule has 5 heteroatoms. The van der Waals surface area contributed by atoms with Gasteiger partial charge in [-0.15, -0.1) is 5.10 Å². The predicted octanol–water partition coefficient (Wildman–Crippen LogP) is 1.76. The molecule has 0 aliphatic rings. The SMILES string of the molecule is Cn1cc(-c2cc(F)cc(F)c2)nn1. The molecule has 0 unspecified atom stereocenters. The molecule has 0 saturated heterocycles. The molecule has 0 radical (unpaired) electrons. The topological polar surface area (TPSA) is 30.7 Å². The van der Waals surface area contributed by atoms with Crippen molar-refractivity contribution in [1.82, 2.24) is 15.0 Å². The van der Waals surface area contributed by atoms with Gasteiger partial charge >= 0.3 is 0 Å². The van der Waals surface area contributed by atoms with Crippen molar-refractivity contribution in [1.29, 1.82) is 0 Å². The van der Waals surface area contributed by atoms with Crippen LogP contribution in [0, 0.1) is 11.6 Å². The zero-order chi connectivity index (χ0) is 10.1. The normalized spacial score (nSPS) is 10.5. The van der Waals surface area contributed by atoms with E-state index in [2.05, 4.69) is 10.3 Å². The highest BCUT2D eigenvalue weighted by Crippen LogP contribution is 2.18. The summed E-state index contributed by atoms with van der Waals surface area (Å²) in [5.74, 6) is -1.24. The number of halogens is 2. The van der Waals surface area contributed by atoms with Crippen LogP contribution in [-0.2, 0) is 7.05 Å². The summed E-state index contributed by atoms with van der Waals surface area (Å²) in [6.07, 6.45) is 1.59. The minimum absolute atomic E-state index is 0.385. The first kappa shape index (κ1) is 8.80. The monoisotopic (exact) mass is 195 g/mol. The van der Waals surface area contributed by atoms with E-state index in [-0.39, 0.29) is 0 Å². The zero-order valence-electron chi connectivity index (χ0n) is 7.41. The van der Waals surface area contributed by atoms with Crippen LogP contribution in [0.4, 0.5) is 8.78 Å². The van der Waals surface area contributed by atoms with Gasteiger partial charge < -0.3 is 0 Å². The lowest BCUT2D eigenvalue weighted by Crippen LogP contribution is -1.85. The van der Waals surface area contributed by atoms with E-state index in [0.29, 0.717) is 11.3 Å². The van der Waals surface area contributed by atoms with Gasteiger partial charge in [-0.25, -0.2) is 8.78 Å². The van der Waals surface area contributed by atoms with E-state index in [9.17, 15) is 8.78 Å². The molecule has 2 aromatic rings. The van der Waals surface area contributed by atoms with Gasteiger partial charge in [0.05, 0.1) is 6.20 Å². The number of rotatable bonds is 1. The van der Waals surface area contributed by atoms with Crippen LogP contribution in [0.3, 0.4) is 0 Å². The van der Waals surface area contributed by atoms with Crippen molar-refractivity contribution in [2.75, 3.05) is 0 Å². The van der Waals surface area contributed by atoms with Crippen LogP contribution >= 0.6 is 0 Å². The second-order valence-electron chi connectivity index (χ2n) is 2.94. The number of aryl methyl sites for hydroxylation is 1. The van der Waals surface area contributed by atoms with Gasteiger partial charge in [-0.3, -0.25) is 4.68 Å². The molecule has 0 spiro atoms. The van der Waals surface area contributed by atoms with Gasteiger partial charge in [-0.2, -0.15) is 0 Å². The van der Waals surface area contributed by atoms with Gasteiger partial charge in [0, 0.05) is 18.7 Å². The minimum atomic E-state index is -0.620. The Morgan fingerprint density at radius 2 is 1.79 bits per heavy atom. The summed E-state index contributed by atoms with van der Waals surface area (Å²) >= 11 is 0. The van der Waals surface area contributed by atoms with Crippen LogP contribution in [0.25, 0.3) is 11.3 Å².